The number of aliphatic carboxylic acids is 1. The first-order valence-electron chi connectivity index (χ1n) is 5.33. The van der Waals surface area contributed by atoms with Gasteiger partial charge in [0.05, 0.1) is 5.41 Å². The minimum atomic E-state index is -0.672. The summed E-state index contributed by atoms with van der Waals surface area (Å²) >= 11 is 0. The van der Waals surface area contributed by atoms with Crippen molar-refractivity contribution >= 4 is 5.97 Å². The molecule has 0 aliphatic heterocycles. The molecule has 1 N–H and O–H groups in total. The first-order valence-corrected chi connectivity index (χ1v) is 5.33. The van der Waals surface area contributed by atoms with Gasteiger partial charge in [-0.15, -0.1) is 0 Å². The molecule has 1 aliphatic rings. The first-order chi connectivity index (χ1) is 7.01. The summed E-state index contributed by atoms with van der Waals surface area (Å²) in [5, 5.41) is 9.18. The van der Waals surface area contributed by atoms with Gasteiger partial charge in [-0.05, 0) is 44.2 Å². The van der Waals surface area contributed by atoms with Crippen molar-refractivity contribution in [3.63, 3.8) is 0 Å². The van der Waals surface area contributed by atoms with Crippen LogP contribution >= 0.6 is 0 Å². The molecule has 1 aromatic carbocycles. The van der Waals surface area contributed by atoms with Crippen LogP contribution in [-0.4, -0.2) is 11.1 Å². The van der Waals surface area contributed by atoms with Crippen LogP contribution in [0.1, 0.15) is 30.0 Å². The van der Waals surface area contributed by atoms with Crippen LogP contribution in [0, 0.1) is 12.3 Å². The molecule has 0 bridgehead atoms. The Bertz CT molecular complexity index is 409. The van der Waals surface area contributed by atoms with Gasteiger partial charge in [-0.2, -0.15) is 0 Å². The van der Waals surface area contributed by atoms with Gasteiger partial charge in [-0.25, -0.2) is 0 Å². The van der Waals surface area contributed by atoms with Gasteiger partial charge >= 0.3 is 5.97 Å². The highest BCUT2D eigenvalue weighted by Crippen LogP contribution is 2.35. The van der Waals surface area contributed by atoms with Crippen LogP contribution in [0.15, 0.2) is 18.2 Å². The number of carbonyl (C=O) groups is 1. The largest absolute Gasteiger partial charge is 0.481 e. The molecule has 0 fully saturated rings. The maximum absolute atomic E-state index is 11.2. The van der Waals surface area contributed by atoms with Crippen molar-refractivity contribution in [3.8, 4) is 0 Å². The van der Waals surface area contributed by atoms with E-state index in [0.717, 1.165) is 12.8 Å². The van der Waals surface area contributed by atoms with Gasteiger partial charge in [0.2, 0.25) is 0 Å². The predicted octanol–water partition coefficient (Wildman–Crippen LogP) is 2.57. The minimum absolute atomic E-state index is 0.567. The molecule has 0 heterocycles. The molecule has 2 heteroatoms. The lowest BCUT2D eigenvalue weighted by molar-refractivity contribution is -0.148. The maximum atomic E-state index is 11.2. The Morgan fingerprint density at radius 3 is 2.80 bits per heavy atom. The summed E-state index contributed by atoms with van der Waals surface area (Å²) in [5.41, 5.74) is 3.22. The lowest BCUT2D eigenvalue weighted by Gasteiger charge is -2.31. The van der Waals surface area contributed by atoms with Gasteiger partial charge in [0.25, 0.3) is 0 Å². The van der Waals surface area contributed by atoms with Gasteiger partial charge < -0.3 is 5.11 Å². The molecule has 0 amide bonds. The van der Waals surface area contributed by atoms with Crippen LogP contribution in [0.3, 0.4) is 0 Å². The number of aryl methyl sites for hydroxylation is 2. The number of hydrogen-bond acceptors (Lipinski definition) is 1. The van der Waals surface area contributed by atoms with Crippen molar-refractivity contribution in [2.75, 3.05) is 0 Å². The van der Waals surface area contributed by atoms with Gasteiger partial charge in [0.1, 0.15) is 0 Å². The van der Waals surface area contributed by atoms with Gasteiger partial charge in [-0.1, -0.05) is 23.8 Å². The van der Waals surface area contributed by atoms with E-state index in [-0.39, 0.29) is 0 Å². The maximum Gasteiger partial charge on any atom is 0.309 e. The highest BCUT2D eigenvalue weighted by molar-refractivity contribution is 5.75. The lowest BCUT2D eigenvalue weighted by atomic mass is 9.73. The number of carboxylic acids is 1. The van der Waals surface area contributed by atoms with Crippen molar-refractivity contribution in [2.24, 2.45) is 5.41 Å². The quantitative estimate of drug-likeness (QED) is 0.763. The minimum Gasteiger partial charge on any atom is -0.481 e. The number of fused-ring (bicyclic) bond motifs is 1. The fraction of sp³-hybridized carbons (Fsp3) is 0.462. The van der Waals surface area contributed by atoms with E-state index in [4.69, 9.17) is 0 Å². The zero-order valence-corrected chi connectivity index (χ0v) is 9.21. The molecule has 80 valence electrons. The predicted molar refractivity (Wildman–Crippen MR) is 58.9 cm³/mol. The summed E-state index contributed by atoms with van der Waals surface area (Å²) in [5.74, 6) is -0.672. The van der Waals surface area contributed by atoms with Crippen LogP contribution in [0.4, 0.5) is 0 Å². The van der Waals surface area contributed by atoms with Crippen molar-refractivity contribution in [1.29, 1.82) is 0 Å². The molecule has 0 saturated carbocycles. The highest BCUT2D eigenvalue weighted by atomic mass is 16.4. The van der Waals surface area contributed by atoms with E-state index in [1.54, 1.807) is 0 Å². The summed E-state index contributed by atoms with van der Waals surface area (Å²) in [7, 11) is 0. The van der Waals surface area contributed by atoms with Crippen molar-refractivity contribution < 1.29 is 9.90 Å². The third kappa shape index (κ3) is 1.76. The van der Waals surface area contributed by atoms with Crippen LogP contribution in [0.5, 0.6) is 0 Å². The first kappa shape index (κ1) is 10.2. The summed E-state index contributed by atoms with van der Waals surface area (Å²) < 4.78 is 0. The molecular formula is C13H16O2. The van der Waals surface area contributed by atoms with Crippen LogP contribution in [0.2, 0.25) is 0 Å². The monoisotopic (exact) mass is 204 g/mol. The Morgan fingerprint density at radius 2 is 2.13 bits per heavy atom. The molecule has 1 aliphatic carbocycles. The van der Waals surface area contributed by atoms with E-state index in [0.29, 0.717) is 6.42 Å². The fourth-order valence-corrected chi connectivity index (χ4v) is 2.26. The van der Waals surface area contributed by atoms with Gasteiger partial charge in [-0.3, -0.25) is 4.79 Å². The molecule has 0 saturated heterocycles. The Morgan fingerprint density at radius 1 is 1.40 bits per heavy atom. The normalized spacial score (nSPS) is 24.7. The number of benzene rings is 1. The highest BCUT2D eigenvalue weighted by Gasteiger charge is 2.36. The average molecular weight is 204 g/mol. The molecule has 2 rings (SSSR count). The number of hydrogen-bond donors (Lipinski definition) is 1. The van der Waals surface area contributed by atoms with Crippen LogP contribution in [0.25, 0.3) is 0 Å². The molecule has 1 atom stereocenters. The number of rotatable bonds is 1. The molecular weight excluding hydrogens is 188 g/mol. The topological polar surface area (TPSA) is 37.3 Å². The van der Waals surface area contributed by atoms with Crippen molar-refractivity contribution in [2.45, 2.75) is 33.1 Å². The number of carboxylic acid groups (broad SMARTS) is 1. The second-order valence-corrected chi connectivity index (χ2v) is 4.81. The second-order valence-electron chi connectivity index (χ2n) is 4.81. The molecule has 1 aromatic rings. The summed E-state index contributed by atoms with van der Waals surface area (Å²) in [4.78, 5) is 11.2. The van der Waals surface area contributed by atoms with E-state index in [1.165, 1.54) is 16.7 Å². The zero-order chi connectivity index (χ0) is 11.1. The molecule has 0 spiro atoms. The molecule has 1 unspecified atom stereocenters. The second kappa shape index (κ2) is 3.37. The van der Waals surface area contributed by atoms with Crippen molar-refractivity contribution in [1.82, 2.24) is 0 Å². The smallest absolute Gasteiger partial charge is 0.309 e. The Hall–Kier alpha value is -1.31. The summed E-state index contributed by atoms with van der Waals surface area (Å²) in [6, 6.07) is 6.31. The van der Waals surface area contributed by atoms with E-state index in [1.807, 2.05) is 6.92 Å². The standard InChI is InChI=1S/C13H16O2/c1-9-3-4-11-8-13(2,12(14)15)6-5-10(11)7-9/h3-4,7H,5-6,8H2,1-2H3,(H,14,15). The third-order valence-corrected chi connectivity index (χ3v) is 3.40. The Kier molecular flexibility index (Phi) is 2.29. The molecule has 0 radical (unpaired) electrons. The fourth-order valence-electron chi connectivity index (χ4n) is 2.26. The van der Waals surface area contributed by atoms with E-state index < -0.39 is 11.4 Å². The van der Waals surface area contributed by atoms with Crippen LogP contribution in [-0.2, 0) is 17.6 Å². The SMILES string of the molecule is Cc1ccc2c(c1)CCC(C)(C(=O)O)C2. The Labute approximate surface area is 89.9 Å². The lowest BCUT2D eigenvalue weighted by Crippen LogP contribution is -2.33. The third-order valence-electron chi connectivity index (χ3n) is 3.40. The molecule has 0 aromatic heterocycles. The van der Waals surface area contributed by atoms with Gasteiger partial charge in [0, 0.05) is 0 Å². The van der Waals surface area contributed by atoms with Gasteiger partial charge in [0.15, 0.2) is 0 Å². The average Bonchev–Trinajstić information content (AvgIpc) is 2.18. The summed E-state index contributed by atoms with van der Waals surface area (Å²) in [6.45, 7) is 3.92. The molecule has 2 nitrogen and oxygen atoms in total. The van der Waals surface area contributed by atoms with Crippen LogP contribution < -0.4 is 0 Å². The van der Waals surface area contributed by atoms with E-state index >= 15 is 0 Å². The van der Waals surface area contributed by atoms with E-state index in [2.05, 4.69) is 25.1 Å². The van der Waals surface area contributed by atoms with Crippen molar-refractivity contribution in [3.05, 3.63) is 34.9 Å². The molecule has 15 heavy (non-hydrogen) atoms. The summed E-state index contributed by atoms with van der Waals surface area (Å²) in [6.07, 6.45) is 2.30. The van der Waals surface area contributed by atoms with E-state index in [9.17, 15) is 9.90 Å². The Balaban J connectivity index is 2.35. The zero-order valence-electron chi connectivity index (χ0n) is 9.21.